The van der Waals surface area contributed by atoms with Crippen LogP contribution in [0.25, 0.3) is 0 Å². The summed E-state index contributed by atoms with van der Waals surface area (Å²) in [6.45, 7) is 8.55. The first-order chi connectivity index (χ1) is 9.79. The molecule has 1 aliphatic rings. The Morgan fingerprint density at radius 1 is 1.29 bits per heavy atom. The predicted octanol–water partition coefficient (Wildman–Crippen LogP) is 2.79. The molecule has 5 heteroatoms. The van der Waals surface area contributed by atoms with Crippen LogP contribution in [0, 0.1) is 19.8 Å². The fraction of sp³-hybridized carbons (Fsp3) is 0.625. The van der Waals surface area contributed by atoms with E-state index in [1.165, 1.54) is 0 Å². The van der Waals surface area contributed by atoms with Crippen LogP contribution >= 0.6 is 0 Å². The van der Waals surface area contributed by atoms with Crippen LogP contribution in [0.2, 0.25) is 0 Å². The van der Waals surface area contributed by atoms with Crippen molar-refractivity contribution in [3.8, 4) is 0 Å². The minimum absolute atomic E-state index is 0.0453. The van der Waals surface area contributed by atoms with Gasteiger partial charge in [-0.05, 0) is 49.8 Å². The van der Waals surface area contributed by atoms with Crippen molar-refractivity contribution in [1.82, 2.24) is 4.72 Å². The van der Waals surface area contributed by atoms with E-state index < -0.39 is 10.0 Å². The highest BCUT2D eigenvalue weighted by atomic mass is 32.2. The van der Waals surface area contributed by atoms with Crippen molar-refractivity contribution in [2.24, 2.45) is 5.92 Å². The molecule has 1 saturated heterocycles. The quantitative estimate of drug-likeness (QED) is 0.930. The summed E-state index contributed by atoms with van der Waals surface area (Å²) in [5, 5.41) is 0. The van der Waals surface area contributed by atoms with Crippen LogP contribution in [0.5, 0.6) is 0 Å². The second-order valence-electron chi connectivity index (χ2n) is 6.26. The van der Waals surface area contributed by atoms with Crippen LogP contribution in [0.1, 0.15) is 37.8 Å². The predicted molar refractivity (Wildman–Crippen MR) is 83.8 cm³/mol. The van der Waals surface area contributed by atoms with Crippen molar-refractivity contribution in [3.63, 3.8) is 0 Å². The first-order valence-electron chi connectivity index (χ1n) is 7.51. The molecule has 4 nitrogen and oxygen atoms in total. The number of benzene rings is 1. The van der Waals surface area contributed by atoms with Gasteiger partial charge in [-0.3, -0.25) is 0 Å². The topological polar surface area (TPSA) is 55.4 Å². The van der Waals surface area contributed by atoms with Crippen LogP contribution in [0.3, 0.4) is 0 Å². The monoisotopic (exact) mass is 311 g/mol. The second kappa shape index (κ2) is 6.46. The summed E-state index contributed by atoms with van der Waals surface area (Å²) < 4.78 is 33.8. The molecule has 1 heterocycles. The van der Waals surface area contributed by atoms with Gasteiger partial charge in [0.25, 0.3) is 0 Å². The number of rotatable bonds is 4. The van der Waals surface area contributed by atoms with Crippen molar-refractivity contribution in [2.75, 3.05) is 6.61 Å². The average molecular weight is 311 g/mol. The van der Waals surface area contributed by atoms with E-state index in [0.717, 1.165) is 24.0 Å². The molecule has 1 aromatic rings. The van der Waals surface area contributed by atoms with Gasteiger partial charge in [-0.1, -0.05) is 26.0 Å². The standard InChI is InChI=1S/C16H25NO3S/c1-11(2)15-10-14(7-8-20-15)17-21(18,19)16-9-12(3)5-6-13(16)4/h5-6,9,11,14-15,17H,7-8,10H2,1-4H3. The van der Waals surface area contributed by atoms with Crippen LogP contribution < -0.4 is 4.72 Å². The maximum absolute atomic E-state index is 12.6. The van der Waals surface area contributed by atoms with E-state index in [-0.39, 0.29) is 12.1 Å². The molecule has 1 fully saturated rings. The highest BCUT2D eigenvalue weighted by Crippen LogP contribution is 2.23. The lowest BCUT2D eigenvalue weighted by molar-refractivity contribution is -0.0211. The van der Waals surface area contributed by atoms with Crippen LogP contribution in [0.15, 0.2) is 23.1 Å². The lowest BCUT2D eigenvalue weighted by atomic mass is 9.96. The molecule has 1 aliphatic heterocycles. The number of hydrogen-bond donors (Lipinski definition) is 1. The van der Waals surface area contributed by atoms with E-state index in [2.05, 4.69) is 18.6 Å². The average Bonchev–Trinajstić information content (AvgIpc) is 2.41. The minimum Gasteiger partial charge on any atom is -0.378 e. The van der Waals surface area contributed by atoms with Crippen molar-refractivity contribution in [2.45, 2.75) is 57.6 Å². The molecule has 0 aliphatic carbocycles. The van der Waals surface area contributed by atoms with Gasteiger partial charge in [0.2, 0.25) is 10.0 Å². The van der Waals surface area contributed by atoms with Crippen LogP contribution in [-0.4, -0.2) is 27.2 Å². The van der Waals surface area contributed by atoms with Gasteiger partial charge in [0.05, 0.1) is 11.0 Å². The van der Waals surface area contributed by atoms with Gasteiger partial charge < -0.3 is 4.74 Å². The molecule has 1 N–H and O–H groups in total. The Labute approximate surface area is 127 Å². The van der Waals surface area contributed by atoms with Crippen molar-refractivity contribution >= 4 is 10.0 Å². The highest BCUT2D eigenvalue weighted by molar-refractivity contribution is 7.89. The fourth-order valence-corrected chi connectivity index (χ4v) is 4.29. The molecule has 2 unspecified atom stereocenters. The SMILES string of the molecule is Cc1ccc(C)c(S(=O)(=O)NC2CCOC(C(C)C)C2)c1. The van der Waals surface area contributed by atoms with Gasteiger partial charge in [0.15, 0.2) is 0 Å². The lowest BCUT2D eigenvalue weighted by Crippen LogP contribution is -2.43. The minimum atomic E-state index is -3.47. The molecule has 0 amide bonds. The van der Waals surface area contributed by atoms with Gasteiger partial charge in [0, 0.05) is 12.6 Å². The van der Waals surface area contributed by atoms with Crippen LogP contribution in [-0.2, 0) is 14.8 Å². The van der Waals surface area contributed by atoms with Gasteiger partial charge in [-0.15, -0.1) is 0 Å². The summed E-state index contributed by atoms with van der Waals surface area (Å²) in [6, 6.07) is 5.47. The van der Waals surface area contributed by atoms with E-state index >= 15 is 0 Å². The van der Waals surface area contributed by atoms with Gasteiger partial charge in [-0.25, -0.2) is 13.1 Å². The molecule has 2 atom stereocenters. The summed E-state index contributed by atoms with van der Waals surface area (Å²) in [5.74, 6) is 0.401. The second-order valence-corrected chi connectivity index (χ2v) is 7.95. The Balaban J connectivity index is 2.15. The summed E-state index contributed by atoms with van der Waals surface area (Å²) in [4.78, 5) is 0.384. The van der Waals surface area contributed by atoms with Crippen molar-refractivity contribution < 1.29 is 13.2 Å². The molecular weight excluding hydrogens is 286 g/mol. The Kier molecular flexibility index (Phi) is 5.07. The summed E-state index contributed by atoms with van der Waals surface area (Å²) in [5.41, 5.74) is 1.73. The Morgan fingerprint density at radius 2 is 2.00 bits per heavy atom. The van der Waals surface area contributed by atoms with Gasteiger partial charge >= 0.3 is 0 Å². The molecule has 0 bridgehead atoms. The van der Waals surface area contributed by atoms with E-state index in [1.807, 2.05) is 26.0 Å². The van der Waals surface area contributed by atoms with E-state index in [9.17, 15) is 8.42 Å². The summed E-state index contributed by atoms with van der Waals surface area (Å²) in [7, 11) is -3.47. The molecule has 1 aromatic carbocycles. The molecule has 0 aromatic heterocycles. The summed E-state index contributed by atoms with van der Waals surface area (Å²) >= 11 is 0. The first-order valence-corrected chi connectivity index (χ1v) is 8.99. The molecule has 118 valence electrons. The number of sulfonamides is 1. The van der Waals surface area contributed by atoms with E-state index in [1.54, 1.807) is 6.07 Å². The fourth-order valence-electron chi connectivity index (χ4n) is 2.68. The van der Waals surface area contributed by atoms with E-state index in [0.29, 0.717) is 17.4 Å². The smallest absolute Gasteiger partial charge is 0.241 e. The number of hydrogen-bond acceptors (Lipinski definition) is 3. The molecular formula is C16H25NO3S. The third kappa shape index (κ3) is 4.05. The lowest BCUT2D eigenvalue weighted by Gasteiger charge is -2.32. The van der Waals surface area contributed by atoms with E-state index in [4.69, 9.17) is 4.74 Å². The number of aryl methyl sites for hydroxylation is 2. The third-order valence-corrected chi connectivity index (χ3v) is 5.68. The number of ether oxygens (including phenoxy) is 1. The molecule has 21 heavy (non-hydrogen) atoms. The Hall–Kier alpha value is -0.910. The zero-order valence-corrected chi connectivity index (χ0v) is 14.0. The molecule has 0 radical (unpaired) electrons. The summed E-state index contributed by atoms with van der Waals surface area (Å²) in [6.07, 6.45) is 1.60. The maximum Gasteiger partial charge on any atom is 0.241 e. The van der Waals surface area contributed by atoms with Gasteiger partial charge in [0.1, 0.15) is 0 Å². The van der Waals surface area contributed by atoms with Crippen LogP contribution in [0.4, 0.5) is 0 Å². The Bertz CT molecular complexity index is 596. The molecule has 2 rings (SSSR count). The van der Waals surface area contributed by atoms with Gasteiger partial charge in [-0.2, -0.15) is 0 Å². The first kappa shape index (κ1) is 16.5. The highest BCUT2D eigenvalue weighted by Gasteiger charge is 2.29. The molecule has 0 saturated carbocycles. The maximum atomic E-state index is 12.6. The number of nitrogens with one attached hydrogen (secondary N) is 1. The molecule has 0 spiro atoms. The normalized spacial score (nSPS) is 23.5. The zero-order valence-electron chi connectivity index (χ0n) is 13.2. The Morgan fingerprint density at radius 3 is 2.67 bits per heavy atom. The third-order valence-electron chi connectivity index (χ3n) is 4.01. The zero-order chi connectivity index (χ0) is 15.6. The van der Waals surface area contributed by atoms with Crippen molar-refractivity contribution in [3.05, 3.63) is 29.3 Å². The van der Waals surface area contributed by atoms with Crippen molar-refractivity contribution in [1.29, 1.82) is 0 Å². The largest absolute Gasteiger partial charge is 0.378 e.